The Bertz CT molecular complexity index is 152. The van der Waals surface area contributed by atoms with Crippen molar-refractivity contribution in [3.05, 3.63) is 0 Å². The van der Waals surface area contributed by atoms with Crippen molar-refractivity contribution in [3.8, 4) is 0 Å². The van der Waals surface area contributed by atoms with Gasteiger partial charge in [-0.25, -0.2) is 0 Å². The summed E-state index contributed by atoms with van der Waals surface area (Å²) in [6, 6.07) is 0. The van der Waals surface area contributed by atoms with Crippen LogP contribution in [0.25, 0.3) is 0 Å². The fraction of sp³-hybridized carbons (Fsp3) is 1.00. The molecule has 1 saturated heterocycles. The van der Waals surface area contributed by atoms with Crippen LogP contribution in [0.2, 0.25) is 0 Å². The van der Waals surface area contributed by atoms with Crippen molar-refractivity contribution in [1.82, 2.24) is 9.80 Å². The quantitative estimate of drug-likeness (QED) is 0.705. The third-order valence-corrected chi connectivity index (χ3v) is 3.10. The van der Waals surface area contributed by atoms with Crippen LogP contribution < -0.4 is 0 Å². The SMILES string of the molecule is CCN(CCO)C[C@H]1CCCN(C)C1. The lowest BCUT2D eigenvalue weighted by Crippen LogP contribution is -2.40. The highest BCUT2D eigenvalue weighted by Crippen LogP contribution is 2.15. The van der Waals surface area contributed by atoms with Gasteiger partial charge in [0.15, 0.2) is 0 Å². The molecule has 1 heterocycles. The van der Waals surface area contributed by atoms with Crippen LogP contribution in [0.15, 0.2) is 0 Å². The van der Waals surface area contributed by atoms with Crippen LogP contribution in [0, 0.1) is 5.92 Å². The highest BCUT2D eigenvalue weighted by molar-refractivity contribution is 4.73. The molecule has 1 atom stereocenters. The third kappa shape index (κ3) is 3.95. The molecule has 3 nitrogen and oxygen atoms in total. The summed E-state index contributed by atoms with van der Waals surface area (Å²) in [4.78, 5) is 4.77. The van der Waals surface area contributed by atoms with E-state index in [9.17, 15) is 0 Å². The van der Waals surface area contributed by atoms with E-state index in [2.05, 4.69) is 23.8 Å². The number of likely N-dealkylation sites (tertiary alicyclic amines) is 1. The second-order valence-electron chi connectivity index (χ2n) is 4.39. The Hall–Kier alpha value is -0.120. The van der Waals surface area contributed by atoms with Crippen molar-refractivity contribution >= 4 is 0 Å². The first kappa shape index (κ1) is 12.0. The zero-order valence-electron chi connectivity index (χ0n) is 9.58. The molecule has 0 spiro atoms. The standard InChI is InChI=1S/C11H24N2O/c1-3-13(7-8-14)10-11-5-4-6-12(2)9-11/h11,14H,3-10H2,1-2H3/t11-/m0/s1. The summed E-state index contributed by atoms with van der Waals surface area (Å²) in [5.74, 6) is 0.806. The molecule has 1 rings (SSSR count). The summed E-state index contributed by atoms with van der Waals surface area (Å²) in [5, 5.41) is 8.90. The van der Waals surface area contributed by atoms with Crippen molar-refractivity contribution < 1.29 is 5.11 Å². The molecular weight excluding hydrogens is 176 g/mol. The molecule has 14 heavy (non-hydrogen) atoms. The van der Waals surface area contributed by atoms with Gasteiger partial charge < -0.3 is 14.9 Å². The van der Waals surface area contributed by atoms with Gasteiger partial charge in [0.1, 0.15) is 0 Å². The first-order valence-corrected chi connectivity index (χ1v) is 5.78. The van der Waals surface area contributed by atoms with E-state index in [1.54, 1.807) is 0 Å². The first-order valence-electron chi connectivity index (χ1n) is 5.78. The summed E-state index contributed by atoms with van der Waals surface area (Å²) < 4.78 is 0. The van der Waals surface area contributed by atoms with Gasteiger partial charge in [-0.2, -0.15) is 0 Å². The maximum atomic E-state index is 8.90. The maximum Gasteiger partial charge on any atom is 0.0558 e. The van der Waals surface area contributed by atoms with Gasteiger partial charge in [-0.15, -0.1) is 0 Å². The fourth-order valence-electron chi connectivity index (χ4n) is 2.31. The van der Waals surface area contributed by atoms with E-state index >= 15 is 0 Å². The van der Waals surface area contributed by atoms with Crippen molar-refractivity contribution in [2.45, 2.75) is 19.8 Å². The Kier molecular flexibility index (Phi) is 5.45. The molecule has 0 aromatic carbocycles. The number of likely N-dealkylation sites (N-methyl/N-ethyl adjacent to an activating group) is 1. The smallest absolute Gasteiger partial charge is 0.0558 e. The Morgan fingerprint density at radius 3 is 2.86 bits per heavy atom. The number of rotatable bonds is 5. The lowest BCUT2D eigenvalue weighted by molar-refractivity contribution is 0.136. The average Bonchev–Trinajstić information content (AvgIpc) is 2.17. The average molecular weight is 200 g/mol. The van der Waals surface area contributed by atoms with E-state index in [0.29, 0.717) is 0 Å². The Labute approximate surface area is 87.7 Å². The Morgan fingerprint density at radius 2 is 2.29 bits per heavy atom. The molecule has 0 aliphatic carbocycles. The minimum Gasteiger partial charge on any atom is -0.395 e. The predicted octanol–water partition coefficient (Wildman–Crippen LogP) is 0.642. The minimum atomic E-state index is 0.288. The van der Waals surface area contributed by atoms with Crippen LogP contribution in [-0.4, -0.2) is 61.3 Å². The number of hydrogen-bond acceptors (Lipinski definition) is 3. The van der Waals surface area contributed by atoms with Crippen molar-refractivity contribution in [3.63, 3.8) is 0 Å². The monoisotopic (exact) mass is 200 g/mol. The number of aliphatic hydroxyl groups excluding tert-OH is 1. The number of aliphatic hydroxyl groups is 1. The largest absolute Gasteiger partial charge is 0.395 e. The summed E-state index contributed by atoms with van der Waals surface area (Å²) in [7, 11) is 2.20. The predicted molar refractivity (Wildman–Crippen MR) is 59.4 cm³/mol. The molecule has 0 aromatic rings. The van der Waals surface area contributed by atoms with Crippen molar-refractivity contribution in [2.24, 2.45) is 5.92 Å². The van der Waals surface area contributed by atoms with Gasteiger partial charge in [-0.1, -0.05) is 6.92 Å². The zero-order chi connectivity index (χ0) is 10.4. The molecule has 0 radical (unpaired) electrons. The molecule has 1 aliphatic heterocycles. The molecule has 0 amide bonds. The van der Waals surface area contributed by atoms with Crippen LogP contribution in [-0.2, 0) is 0 Å². The van der Waals surface area contributed by atoms with Crippen LogP contribution in [0.3, 0.4) is 0 Å². The van der Waals surface area contributed by atoms with Gasteiger partial charge >= 0.3 is 0 Å². The van der Waals surface area contributed by atoms with E-state index in [-0.39, 0.29) is 6.61 Å². The Balaban J connectivity index is 2.26. The molecule has 84 valence electrons. The van der Waals surface area contributed by atoms with E-state index in [1.165, 1.54) is 25.9 Å². The maximum absolute atomic E-state index is 8.90. The van der Waals surface area contributed by atoms with Gasteiger partial charge in [0.05, 0.1) is 6.61 Å². The van der Waals surface area contributed by atoms with Gasteiger partial charge in [-0.3, -0.25) is 0 Å². The van der Waals surface area contributed by atoms with Crippen LogP contribution in [0.4, 0.5) is 0 Å². The summed E-state index contributed by atoms with van der Waals surface area (Å²) in [6.45, 7) is 7.97. The van der Waals surface area contributed by atoms with Crippen LogP contribution in [0.5, 0.6) is 0 Å². The van der Waals surface area contributed by atoms with E-state index in [1.807, 2.05) is 0 Å². The Morgan fingerprint density at radius 1 is 1.50 bits per heavy atom. The number of piperidine rings is 1. The van der Waals surface area contributed by atoms with Gasteiger partial charge in [0.25, 0.3) is 0 Å². The molecule has 0 saturated carbocycles. The lowest BCUT2D eigenvalue weighted by Gasteiger charge is -2.33. The molecular formula is C11H24N2O. The fourth-order valence-corrected chi connectivity index (χ4v) is 2.31. The van der Waals surface area contributed by atoms with Crippen LogP contribution >= 0.6 is 0 Å². The lowest BCUT2D eigenvalue weighted by atomic mass is 9.98. The molecule has 1 aliphatic rings. The second-order valence-corrected chi connectivity index (χ2v) is 4.39. The second kappa shape index (κ2) is 6.38. The number of nitrogens with zero attached hydrogens (tertiary/aromatic N) is 2. The highest BCUT2D eigenvalue weighted by Gasteiger charge is 2.18. The molecule has 1 fully saturated rings. The van der Waals surface area contributed by atoms with Crippen LogP contribution in [0.1, 0.15) is 19.8 Å². The highest BCUT2D eigenvalue weighted by atomic mass is 16.3. The van der Waals surface area contributed by atoms with Crippen molar-refractivity contribution in [1.29, 1.82) is 0 Å². The van der Waals surface area contributed by atoms with Crippen molar-refractivity contribution in [2.75, 3.05) is 46.4 Å². The van der Waals surface area contributed by atoms with E-state index in [4.69, 9.17) is 5.11 Å². The molecule has 0 bridgehead atoms. The summed E-state index contributed by atoms with van der Waals surface area (Å²) in [5.41, 5.74) is 0. The molecule has 3 heteroatoms. The third-order valence-electron chi connectivity index (χ3n) is 3.10. The molecule has 1 N–H and O–H groups in total. The topological polar surface area (TPSA) is 26.7 Å². The van der Waals surface area contributed by atoms with E-state index < -0.39 is 0 Å². The number of hydrogen-bond donors (Lipinski definition) is 1. The summed E-state index contributed by atoms with van der Waals surface area (Å²) >= 11 is 0. The molecule has 0 unspecified atom stereocenters. The first-order chi connectivity index (χ1) is 6.76. The van der Waals surface area contributed by atoms with Gasteiger partial charge in [0, 0.05) is 19.6 Å². The summed E-state index contributed by atoms with van der Waals surface area (Å²) in [6.07, 6.45) is 2.68. The van der Waals surface area contributed by atoms with Gasteiger partial charge in [-0.05, 0) is 38.9 Å². The molecule has 0 aromatic heterocycles. The van der Waals surface area contributed by atoms with E-state index in [0.717, 1.165) is 25.6 Å². The minimum absolute atomic E-state index is 0.288. The van der Waals surface area contributed by atoms with Gasteiger partial charge in [0.2, 0.25) is 0 Å². The zero-order valence-corrected chi connectivity index (χ0v) is 9.58. The normalized spacial score (nSPS) is 24.4.